The highest BCUT2D eigenvalue weighted by atomic mass is 19.1. The molecule has 1 aromatic carbocycles. The molecule has 0 aromatic heterocycles. The zero-order valence-corrected chi connectivity index (χ0v) is 9.04. The molecule has 1 aliphatic carbocycles. The van der Waals surface area contributed by atoms with Crippen LogP contribution in [0.15, 0.2) is 18.2 Å². The van der Waals surface area contributed by atoms with Crippen molar-refractivity contribution in [2.45, 2.75) is 44.6 Å². The summed E-state index contributed by atoms with van der Waals surface area (Å²) < 4.78 is 12.9. The first-order valence-corrected chi connectivity index (χ1v) is 5.61. The summed E-state index contributed by atoms with van der Waals surface area (Å²) >= 11 is 0. The number of aliphatic hydroxyl groups excluding tert-OH is 1. The van der Waals surface area contributed by atoms with E-state index in [1.54, 1.807) is 6.07 Å². The Balaban J connectivity index is 2.21. The summed E-state index contributed by atoms with van der Waals surface area (Å²) in [7, 11) is 0. The van der Waals surface area contributed by atoms with Gasteiger partial charge in [-0.3, -0.25) is 0 Å². The maximum atomic E-state index is 12.9. The number of aliphatic hydroxyl groups is 1. The second kappa shape index (κ2) is 4.31. The van der Waals surface area contributed by atoms with Gasteiger partial charge in [0.05, 0.1) is 6.10 Å². The van der Waals surface area contributed by atoms with Gasteiger partial charge < -0.3 is 5.11 Å². The van der Waals surface area contributed by atoms with Crippen LogP contribution < -0.4 is 0 Å². The van der Waals surface area contributed by atoms with Gasteiger partial charge in [-0.25, -0.2) is 4.39 Å². The molecular weight excluding hydrogens is 191 g/mol. The van der Waals surface area contributed by atoms with Crippen LogP contribution in [0.1, 0.15) is 42.7 Å². The summed E-state index contributed by atoms with van der Waals surface area (Å²) in [5.74, 6) is 0.238. The average molecular weight is 208 g/mol. The summed E-state index contributed by atoms with van der Waals surface area (Å²) in [4.78, 5) is 0. The van der Waals surface area contributed by atoms with Gasteiger partial charge in [0.15, 0.2) is 0 Å². The lowest BCUT2D eigenvalue weighted by molar-refractivity contribution is 0.119. The Morgan fingerprint density at radius 1 is 1.33 bits per heavy atom. The predicted octanol–water partition coefficient (Wildman–Crippen LogP) is 3.15. The molecule has 1 aliphatic rings. The summed E-state index contributed by atoms with van der Waals surface area (Å²) in [6, 6.07) is 4.97. The maximum Gasteiger partial charge on any atom is 0.123 e. The Hall–Kier alpha value is -0.890. The molecule has 2 rings (SSSR count). The van der Waals surface area contributed by atoms with Crippen molar-refractivity contribution in [3.8, 4) is 0 Å². The average Bonchev–Trinajstić information content (AvgIpc) is 2.17. The van der Waals surface area contributed by atoms with E-state index in [-0.39, 0.29) is 11.9 Å². The molecule has 0 heterocycles. The number of halogens is 1. The molecule has 0 aliphatic heterocycles. The first-order valence-electron chi connectivity index (χ1n) is 5.61. The van der Waals surface area contributed by atoms with Gasteiger partial charge in [-0.1, -0.05) is 12.5 Å². The highest BCUT2D eigenvalue weighted by Crippen LogP contribution is 2.34. The third-order valence-electron chi connectivity index (χ3n) is 3.32. The fourth-order valence-electron chi connectivity index (χ4n) is 2.54. The monoisotopic (exact) mass is 208 g/mol. The topological polar surface area (TPSA) is 20.2 Å². The van der Waals surface area contributed by atoms with Gasteiger partial charge >= 0.3 is 0 Å². The first-order chi connectivity index (χ1) is 7.16. The van der Waals surface area contributed by atoms with E-state index < -0.39 is 0 Å². The predicted molar refractivity (Wildman–Crippen MR) is 58.4 cm³/mol. The standard InChI is InChI=1S/C13H17FO/c1-9-7-11(14)5-6-13(9)10-3-2-4-12(15)8-10/h5-7,10,12,15H,2-4,8H2,1H3. The normalized spacial score (nSPS) is 26.6. The van der Waals surface area contributed by atoms with Gasteiger partial charge in [-0.15, -0.1) is 0 Å². The van der Waals surface area contributed by atoms with Crippen LogP contribution in [-0.4, -0.2) is 11.2 Å². The first kappa shape index (κ1) is 10.6. The minimum absolute atomic E-state index is 0.173. The van der Waals surface area contributed by atoms with Crippen molar-refractivity contribution in [2.24, 2.45) is 0 Å². The van der Waals surface area contributed by atoms with Crippen molar-refractivity contribution in [3.05, 3.63) is 35.1 Å². The molecule has 0 radical (unpaired) electrons. The van der Waals surface area contributed by atoms with Gasteiger partial charge in [0, 0.05) is 0 Å². The number of hydrogen-bond donors (Lipinski definition) is 1. The Labute approximate surface area is 89.9 Å². The fourth-order valence-corrected chi connectivity index (χ4v) is 2.54. The highest BCUT2D eigenvalue weighted by molar-refractivity contribution is 5.30. The van der Waals surface area contributed by atoms with Gasteiger partial charge in [0.2, 0.25) is 0 Å². The fraction of sp³-hybridized carbons (Fsp3) is 0.538. The van der Waals surface area contributed by atoms with Crippen LogP contribution in [0.3, 0.4) is 0 Å². The molecule has 1 N–H and O–H groups in total. The molecule has 0 saturated heterocycles. The van der Waals surface area contributed by atoms with Gasteiger partial charge in [-0.05, 0) is 55.4 Å². The molecule has 0 spiro atoms. The van der Waals surface area contributed by atoms with Gasteiger partial charge in [0.25, 0.3) is 0 Å². The quantitative estimate of drug-likeness (QED) is 0.751. The van der Waals surface area contributed by atoms with Gasteiger partial charge in [-0.2, -0.15) is 0 Å². The molecule has 0 bridgehead atoms. The Morgan fingerprint density at radius 2 is 2.13 bits per heavy atom. The Bertz CT molecular complexity index is 348. The Morgan fingerprint density at radius 3 is 2.80 bits per heavy atom. The molecule has 1 saturated carbocycles. The van der Waals surface area contributed by atoms with Crippen molar-refractivity contribution in [1.82, 2.24) is 0 Å². The summed E-state index contributed by atoms with van der Waals surface area (Å²) in [5, 5.41) is 9.61. The largest absolute Gasteiger partial charge is 0.393 e. The zero-order valence-electron chi connectivity index (χ0n) is 9.04. The molecule has 15 heavy (non-hydrogen) atoms. The smallest absolute Gasteiger partial charge is 0.123 e. The van der Waals surface area contributed by atoms with E-state index >= 15 is 0 Å². The van der Waals surface area contributed by atoms with Crippen LogP contribution in [0, 0.1) is 12.7 Å². The van der Waals surface area contributed by atoms with Crippen molar-refractivity contribution in [2.75, 3.05) is 0 Å². The van der Waals surface area contributed by atoms with Crippen molar-refractivity contribution in [1.29, 1.82) is 0 Å². The molecular formula is C13H17FO. The molecule has 0 amide bonds. The van der Waals surface area contributed by atoms with Crippen LogP contribution in [0.4, 0.5) is 4.39 Å². The van der Waals surface area contributed by atoms with Crippen LogP contribution in [0.25, 0.3) is 0 Å². The van der Waals surface area contributed by atoms with E-state index in [1.807, 2.05) is 13.0 Å². The zero-order chi connectivity index (χ0) is 10.8. The molecule has 2 unspecified atom stereocenters. The lowest BCUT2D eigenvalue weighted by Crippen LogP contribution is -2.18. The van der Waals surface area contributed by atoms with Crippen LogP contribution in [0.2, 0.25) is 0 Å². The second-order valence-corrected chi connectivity index (χ2v) is 4.52. The van der Waals surface area contributed by atoms with E-state index in [0.717, 1.165) is 31.2 Å². The summed E-state index contributed by atoms with van der Waals surface area (Å²) in [6.45, 7) is 1.94. The molecule has 1 nitrogen and oxygen atoms in total. The van der Waals surface area contributed by atoms with Crippen LogP contribution in [-0.2, 0) is 0 Å². The summed E-state index contributed by atoms with van der Waals surface area (Å²) in [6.07, 6.45) is 3.75. The van der Waals surface area contributed by atoms with Crippen molar-refractivity contribution in [3.63, 3.8) is 0 Å². The number of benzene rings is 1. The van der Waals surface area contributed by atoms with E-state index in [2.05, 4.69) is 0 Å². The summed E-state index contributed by atoms with van der Waals surface area (Å²) in [5.41, 5.74) is 2.21. The maximum absolute atomic E-state index is 12.9. The molecule has 2 atom stereocenters. The SMILES string of the molecule is Cc1cc(F)ccc1C1CCCC(O)C1. The van der Waals surface area contributed by atoms with E-state index in [1.165, 1.54) is 11.6 Å². The number of aryl methyl sites for hydroxylation is 1. The van der Waals surface area contributed by atoms with Crippen molar-refractivity contribution < 1.29 is 9.50 Å². The van der Waals surface area contributed by atoms with E-state index in [4.69, 9.17) is 0 Å². The Kier molecular flexibility index (Phi) is 3.06. The minimum atomic E-state index is -0.174. The third kappa shape index (κ3) is 2.37. The lowest BCUT2D eigenvalue weighted by atomic mass is 9.81. The molecule has 2 heteroatoms. The third-order valence-corrected chi connectivity index (χ3v) is 3.32. The molecule has 1 fully saturated rings. The van der Waals surface area contributed by atoms with E-state index in [9.17, 15) is 9.50 Å². The van der Waals surface area contributed by atoms with Crippen LogP contribution >= 0.6 is 0 Å². The highest BCUT2D eigenvalue weighted by Gasteiger charge is 2.22. The number of hydrogen-bond acceptors (Lipinski definition) is 1. The van der Waals surface area contributed by atoms with Crippen LogP contribution in [0.5, 0.6) is 0 Å². The number of rotatable bonds is 1. The molecule has 82 valence electrons. The van der Waals surface area contributed by atoms with E-state index in [0.29, 0.717) is 5.92 Å². The van der Waals surface area contributed by atoms with Crippen molar-refractivity contribution >= 4 is 0 Å². The minimum Gasteiger partial charge on any atom is -0.393 e. The molecule has 1 aromatic rings. The second-order valence-electron chi connectivity index (χ2n) is 4.52. The lowest BCUT2D eigenvalue weighted by Gasteiger charge is -2.27. The van der Waals surface area contributed by atoms with Gasteiger partial charge in [0.1, 0.15) is 5.82 Å².